The Morgan fingerprint density at radius 1 is 1.06 bits per heavy atom. The van der Waals surface area contributed by atoms with Gasteiger partial charge in [0.15, 0.2) is 11.6 Å². The second-order valence-electron chi connectivity index (χ2n) is 4.03. The molecule has 0 saturated heterocycles. The summed E-state index contributed by atoms with van der Waals surface area (Å²) in [6.07, 6.45) is 0. The summed E-state index contributed by atoms with van der Waals surface area (Å²) in [6.45, 7) is 1.86. The van der Waals surface area contributed by atoms with Crippen molar-refractivity contribution in [3.63, 3.8) is 0 Å². The van der Waals surface area contributed by atoms with Gasteiger partial charge < -0.3 is 10.5 Å². The zero-order valence-electron chi connectivity index (χ0n) is 9.86. The first kappa shape index (κ1) is 12.5. The fourth-order valence-electron chi connectivity index (χ4n) is 1.52. The molecular weight excluding hydrogens is 236 g/mol. The first-order valence-electron chi connectivity index (χ1n) is 5.54. The lowest BCUT2D eigenvalue weighted by molar-refractivity contribution is 0.436. The van der Waals surface area contributed by atoms with E-state index in [0.717, 1.165) is 23.8 Å². The first-order valence-corrected chi connectivity index (χ1v) is 5.54. The number of hydrogen-bond donors (Lipinski definition) is 1. The van der Waals surface area contributed by atoms with Crippen molar-refractivity contribution in [3.8, 4) is 11.5 Å². The summed E-state index contributed by atoms with van der Waals surface area (Å²) in [5.74, 6) is -0.848. The lowest BCUT2D eigenvalue weighted by Crippen LogP contribution is -2.04. The van der Waals surface area contributed by atoms with Gasteiger partial charge in [-0.2, -0.15) is 0 Å². The third-order valence-electron chi connectivity index (χ3n) is 2.53. The van der Waals surface area contributed by atoms with Crippen LogP contribution >= 0.6 is 0 Å². The molecule has 1 unspecified atom stereocenters. The molecule has 0 aliphatic rings. The molecule has 1 atom stereocenters. The van der Waals surface area contributed by atoms with Crippen molar-refractivity contribution in [1.29, 1.82) is 0 Å². The van der Waals surface area contributed by atoms with Gasteiger partial charge in [0.05, 0.1) is 0 Å². The third-order valence-corrected chi connectivity index (χ3v) is 2.53. The van der Waals surface area contributed by atoms with Gasteiger partial charge in [-0.3, -0.25) is 0 Å². The van der Waals surface area contributed by atoms with Crippen molar-refractivity contribution in [3.05, 3.63) is 59.7 Å². The summed E-state index contributed by atoms with van der Waals surface area (Å²) in [5, 5.41) is 0. The molecule has 0 radical (unpaired) electrons. The van der Waals surface area contributed by atoms with E-state index >= 15 is 0 Å². The van der Waals surface area contributed by atoms with Crippen LogP contribution in [0.5, 0.6) is 11.5 Å². The fourth-order valence-corrected chi connectivity index (χ4v) is 1.52. The van der Waals surface area contributed by atoms with E-state index in [1.807, 2.05) is 6.92 Å². The van der Waals surface area contributed by atoms with E-state index < -0.39 is 11.6 Å². The zero-order chi connectivity index (χ0) is 13.1. The molecule has 0 heterocycles. The summed E-state index contributed by atoms with van der Waals surface area (Å²) in [5.41, 5.74) is 6.66. The van der Waals surface area contributed by atoms with Crippen molar-refractivity contribution in [2.24, 2.45) is 5.73 Å². The molecule has 4 heteroatoms. The summed E-state index contributed by atoms with van der Waals surface area (Å²) in [7, 11) is 0. The molecule has 0 amide bonds. The molecule has 2 aromatic rings. The lowest BCUT2D eigenvalue weighted by Gasteiger charge is -2.09. The van der Waals surface area contributed by atoms with Gasteiger partial charge in [0.1, 0.15) is 11.6 Å². The normalized spacial score (nSPS) is 12.2. The molecule has 0 spiro atoms. The molecule has 18 heavy (non-hydrogen) atoms. The molecular formula is C14H13F2NO. The van der Waals surface area contributed by atoms with Crippen LogP contribution in [-0.4, -0.2) is 0 Å². The summed E-state index contributed by atoms with van der Waals surface area (Å²) in [6, 6.07) is 9.92. The van der Waals surface area contributed by atoms with E-state index in [1.54, 1.807) is 24.3 Å². The van der Waals surface area contributed by atoms with Crippen LogP contribution in [0, 0.1) is 11.6 Å². The predicted octanol–water partition coefficient (Wildman–Crippen LogP) is 3.78. The van der Waals surface area contributed by atoms with Crippen LogP contribution in [0.25, 0.3) is 0 Å². The van der Waals surface area contributed by atoms with Gasteiger partial charge in [0.2, 0.25) is 0 Å². The van der Waals surface area contributed by atoms with Crippen LogP contribution in [0.15, 0.2) is 42.5 Å². The van der Waals surface area contributed by atoms with Crippen molar-refractivity contribution in [2.75, 3.05) is 0 Å². The van der Waals surface area contributed by atoms with E-state index in [2.05, 4.69) is 0 Å². The smallest absolute Gasteiger partial charge is 0.165 e. The minimum atomic E-state index is -0.604. The monoisotopic (exact) mass is 249 g/mol. The largest absolute Gasteiger partial charge is 0.454 e. The highest BCUT2D eigenvalue weighted by atomic mass is 19.1. The molecule has 2 nitrogen and oxygen atoms in total. The zero-order valence-corrected chi connectivity index (χ0v) is 9.86. The molecule has 0 aromatic heterocycles. The van der Waals surface area contributed by atoms with Gasteiger partial charge in [0.25, 0.3) is 0 Å². The molecule has 0 saturated carbocycles. The molecule has 0 aliphatic carbocycles. The van der Waals surface area contributed by atoms with Crippen LogP contribution in [0.1, 0.15) is 18.5 Å². The maximum atomic E-state index is 13.4. The maximum Gasteiger partial charge on any atom is 0.165 e. The Bertz CT molecular complexity index is 538. The third kappa shape index (κ3) is 2.84. The van der Waals surface area contributed by atoms with Crippen LogP contribution in [0.4, 0.5) is 8.78 Å². The van der Waals surface area contributed by atoms with Crippen LogP contribution < -0.4 is 10.5 Å². The number of ether oxygens (including phenoxy) is 1. The van der Waals surface area contributed by atoms with Crippen molar-refractivity contribution >= 4 is 0 Å². The number of halogens is 2. The molecule has 0 bridgehead atoms. The quantitative estimate of drug-likeness (QED) is 0.898. The standard InChI is InChI=1S/C14H13F2NO/c1-9(17)10-2-5-12(6-3-10)18-14-8-11(15)4-7-13(14)16/h2-9H,17H2,1H3. The summed E-state index contributed by atoms with van der Waals surface area (Å²) >= 11 is 0. The molecule has 2 aromatic carbocycles. The Morgan fingerprint density at radius 3 is 2.33 bits per heavy atom. The fraction of sp³-hybridized carbons (Fsp3) is 0.143. The molecule has 0 fully saturated rings. The highest BCUT2D eigenvalue weighted by Crippen LogP contribution is 2.26. The topological polar surface area (TPSA) is 35.2 Å². The second-order valence-corrected chi connectivity index (χ2v) is 4.03. The number of nitrogens with two attached hydrogens (primary N) is 1. The van der Waals surface area contributed by atoms with Gasteiger partial charge in [0, 0.05) is 12.1 Å². The van der Waals surface area contributed by atoms with Gasteiger partial charge in [-0.25, -0.2) is 8.78 Å². The SMILES string of the molecule is CC(N)c1ccc(Oc2cc(F)ccc2F)cc1. The average Bonchev–Trinajstić information content (AvgIpc) is 2.34. The van der Waals surface area contributed by atoms with Gasteiger partial charge in [-0.1, -0.05) is 12.1 Å². The maximum absolute atomic E-state index is 13.4. The Labute approximate surface area is 104 Å². The summed E-state index contributed by atoms with van der Waals surface area (Å²) < 4.78 is 31.6. The van der Waals surface area contributed by atoms with Gasteiger partial charge in [-0.15, -0.1) is 0 Å². The Kier molecular flexibility index (Phi) is 3.58. The lowest BCUT2D eigenvalue weighted by atomic mass is 10.1. The molecule has 2 N–H and O–H groups in total. The van der Waals surface area contributed by atoms with Crippen molar-refractivity contribution in [2.45, 2.75) is 13.0 Å². The van der Waals surface area contributed by atoms with E-state index in [9.17, 15) is 8.78 Å². The van der Waals surface area contributed by atoms with Gasteiger partial charge >= 0.3 is 0 Å². The van der Waals surface area contributed by atoms with E-state index in [0.29, 0.717) is 5.75 Å². The van der Waals surface area contributed by atoms with Crippen molar-refractivity contribution < 1.29 is 13.5 Å². The van der Waals surface area contributed by atoms with E-state index in [4.69, 9.17) is 10.5 Å². The Morgan fingerprint density at radius 2 is 1.72 bits per heavy atom. The Balaban J connectivity index is 2.21. The second kappa shape index (κ2) is 5.14. The minimum Gasteiger partial charge on any atom is -0.454 e. The van der Waals surface area contributed by atoms with Crippen molar-refractivity contribution in [1.82, 2.24) is 0 Å². The van der Waals surface area contributed by atoms with Crippen LogP contribution in [0.3, 0.4) is 0 Å². The first-order chi connectivity index (χ1) is 8.56. The summed E-state index contributed by atoms with van der Waals surface area (Å²) in [4.78, 5) is 0. The highest BCUT2D eigenvalue weighted by molar-refractivity contribution is 5.34. The highest BCUT2D eigenvalue weighted by Gasteiger charge is 2.07. The van der Waals surface area contributed by atoms with Crippen LogP contribution in [-0.2, 0) is 0 Å². The van der Waals surface area contributed by atoms with Gasteiger partial charge in [-0.05, 0) is 36.8 Å². The van der Waals surface area contributed by atoms with E-state index in [1.165, 1.54) is 0 Å². The number of hydrogen-bond acceptors (Lipinski definition) is 2. The average molecular weight is 249 g/mol. The Hall–Kier alpha value is -1.94. The number of benzene rings is 2. The molecule has 2 rings (SSSR count). The van der Waals surface area contributed by atoms with E-state index in [-0.39, 0.29) is 11.8 Å². The molecule has 94 valence electrons. The number of rotatable bonds is 3. The minimum absolute atomic E-state index is 0.0787. The predicted molar refractivity (Wildman–Crippen MR) is 65.5 cm³/mol. The van der Waals surface area contributed by atoms with Crippen LogP contribution in [0.2, 0.25) is 0 Å². The molecule has 0 aliphatic heterocycles.